The van der Waals surface area contributed by atoms with Crippen LogP contribution in [-0.2, 0) is 6.18 Å². The van der Waals surface area contributed by atoms with Gasteiger partial charge in [0, 0.05) is 0 Å². The van der Waals surface area contributed by atoms with Crippen molar-refractivity contribution < 1.29 is 27.9 Å². The van der Waals surface area contributed by atoms with Gasteiger partial charge in [-0.1, -0.05) is 18.2 Å². The number of carboxylic acids is 1. The molecule has 2 aromatic rings. The third kappa shape index (κ3) is 3.42. The number of hydrogen-bond acceptors (Lipinski definition) is 2. The summed E-state index contributed by atoms with van der Waals surface area (Å²) in [6.45, 7) is 0. The first-order chi connectivity index (χ1) is 10.7. The second-order valence-corrected chi connectivity index (χ2v) is 4.54. The van der Waals surface area contributed by atoms with Crippen molar-refractivity contribution in [2.45, 2.75) is 6.18 Å². The summed E-state index contributed by atoms with van der Waals surface area (Å²) in [7, 11) is 0. The molecular formula is C15H11F3N2O3. The number of anilines is 2. The first-order valence-electron chi connectivity index (χ1n) is 6.31. The summed E-state index contributed by atoms with van der Waals surface area (Å²) >= 11 is 0. The molecule has 120 valence electrons. The van der Waals surface area contributed by atoms with Crippen molar-refractivity contribution in [2.24, 2.45) is 5.73 Å². The van der Waals surface area contributed by atoms with Gasteiger partial charge >= 0.3 is 18.2 Å². The SMILES string of the molecule is NC(=O)N(c1cccc(C(F)(F)F)c1)c1ccccc1C(=O)O. The highest BCUT2D eigenvalue weighted by molar-refractivity contribution is 6.05. The molecule has 0 atom stereocenters. The third-order valence-electron chi connectivity index (χ3n) is 3.03. The van der Waals surface area contributed by atoms with Gasteiger partial charge in [0.15, 0.2) is 0 Å². The fourth-order valence-corrected chi connectivity index (χ4v) is 2.06. The van der Waals surface area contributed by atoms with Crippen LogP contribution in [0.5, 0.6) is 0 Å². The maximum absolute atomic E-state index is 12.8. The lowest BCUT2D eigenvalue weighted by Crippen LogP contribution is -2.32. The molecular weight excluding hydrogens is 313 g/mol. The van der Waals surface area contributed by atoms with E-state index in [4.69, 9.17) is 10.8 Å². The number of nitrogens with two attached hydrogens (primary N) is 1. The number of halogens is 3. The van der Waals surface area contributed by atoms with Crippen LogP contribution >= 0.6 is 0 Å². The van der Waals surface area contributed by atoms with Crippen molar-refractivity contribution in [3.8, 4) is 0 Å². The molecule has 0 radical (unpaired) electrons. The Hall–Kier alpha value is -3.03. The van der Waals surface area contributed by atoms with Crippen LogP contribution in [0.2, 0.25) is 0 Å². The van der Waals surface area contributed by atoms with Crippen LogP contribution in [0.3, 0.4) is 0 Å². The molecule has 0 saturated heterocycles. The van der Waals surface area contributed by atoms with E-state index in [0.717, 1.165) is 23.1 Å². The average Bonchev–Trinajstić information content (AvgIpc) is 2.47. The van der Waals surface area contributed by atoms with Crippen molar-refractivity contribution in [1.29, 1.82) is 0 Å². The van der Waals surface area contributed by atoms with Crippen LogP contribution in [0.4, 0.5) is 29.3 Å². The van der Waals surface area contributed by atoms with E-state index < -0.39 is 23.7 Å². The Bertz CT molecular complexity index is 760. The van der Waals surface area contributed by atoms with E-state index >= 15 is 0 Å². The standard InChI is InChI=1S/C15H11F3N2O3/c16-15(17,18)9-4-3-5-10(8-9)20(14(19)23)12-7-2-1-6-11(12)13(21)22/h1-8H,(H2,19,23)(H,21,22). The number of carbonyl (C=O) groups is 2. The molecule has 5 nitrogen and oxygen atoms in total. The number of carboxylic acid groups (broad SMARTS) is 1. The van der Waals surface area contributed by atoms with Gasteiger partial charge in [-0.2, -0.15) is 13.2 Å². The van der Waals surface area contributed by atoms with Crippen LogP contribution in [0.1, 0.15) is 15.9 Å². The van der Waals surface area contributed by atoms with E-state index in [9.17, 15) is 22.8 Å². The smallest absolute Gasteiger partial charge is 0.416 e. The molecule has 0 aromatic heterocycles. The number of hydrogen-bond donors (Lipinski definition) is 2. The Morgan fingerprint density at radius 2 is 1.70 bits per heavy atom. The van der Waals surface area contributed by atoms with Crippen LogP contribution in [0, 0.1) is 0 Å². The molecule has 0 aliphatic carbocycles. The molecule has 0 spiro atoms. The highest BCUT2D eigenvalue weighted by Gasteiger charge is 2.31. The monoisotopic (exact) mass is 324 g/mol. The minimum Gasteiger partial charge on any atom is -0.478 e. The lowest BCUT2D eigenvalue weighted by atomic mass is 10.1. The fourth-order valence-electron chi connectivity index (χ4n) is 2.06. The molecule has 0 unspecified atom stereocenters. The van der Waals surface area contributed by atoms with Gasteiger partial charge in [0.2, 0.25) is 0 Å². The van der Waals surface area contributed by atoms with Crippen molar-refractivity contribution in [2.75, 3.05) is 4.90 Å². The zero-order valence-electron chi connectivity index (χ0n) is 11.5. The van der Waals surface area contributed by atoms with E-state index in [2.05, 4.69) is 0 Å². The predicted octanol–water partition coefficient (Wildman–Crippen LogP) is 3.62. The van der Waals surface area contributed by atoms with E-state index in [1.54, 1.807) is 0 Å². The number of amides is 2. The quantitative estimate of drug-likeness (QED) is 0.904. The summed E-state index contributed by atoms with van der Waals surface area (Å²) in [6.07, 6.45) is -4.61. The Morgan fingerprint density at radius 3 is 2.26 bits per heavy atom. The summed E-state index contributed by atoms with van der Waals surface area (Å²) in [6, 6.07) is 8.20. The van der Waals surface area contributed by atoms with Gasteiger partial charge in [-0.25, -0.2) is 9.59 Å². The van der Waals surface area contributed by atoms with E-state index in [1.807, 2.05) is 0 Å². The highest BCUT2D eigenvalue weighted by atomic mass is 19.4. The molecule has 3 N–H and O–H groups in total. The van der Waals surface area contributed by atoms with Gasteiger partial charge in [-0.15, -0.1) is 0 Å². The minimum absolute atomic E-state index is 0.119. The molecule has 2 rings (SSSR count). The minimum atomic E-state index is -4.61. The number of rotatable bonds is 3. The maximum Gasteiger partial charge on any atom is 0.416 e. The van der Waals surface area contributed by atoms with E-state index in [0.29, 0.717) is 0 Å². The molecule has 0 aliphatic heterocycles. The zero-order valence-corrected chi connectivity index (χ0v) is 11.5. The molecule has 0 bridgehead atoms. The molecule has 2 amide bonds. The van der Waals surface area contributed by atoms with Crippen LogP contribution < -0.4 is 10.6 Å². The van der Waals surface area contributed by atoms with Gasteiger partial charge in [0.1, 0.15) is 0 Å². The summed E-state index contributed by atoms with van der Waals surface area (Å²) in [5.74, 6) is -1.33. The van der Waals surface area contributed by atoms with Gasteiger partial charge in [0.25, 0.3) is 0 Å². The lowest BCUT2D eigenvalue weighted by molar-refractivity contribution is -0.137. The molecule has 8 heteroatoms. The van der Waals surface area contributed by atoms with Crippen LogP contribution in [0.15, 0.2) is 48.5 Å². The van der Waals surface area contributed by atoms with Crippen molar-refractivity contribution in [3.63, 3.8) is 0 Å². The van der Waals surface area contributed by atoms with Crippen molar-refractivity contribution in [3.05, 3.63) is 59.7 Å². The van der Waals surface area contributed by atoms with E-state index in [-0.39, 0.29) is 16.9 Å². The Labute approximate surface area is 128 Å². The fraction of sp³-hybridized carbons (Fsp3) is 0.0667. The van der Waals surface area contributed by atoms with Gasteiger partial charge in [-0.3, -0.25) is 4.90 Å². The largest absolute Gasteiger partial charge is 0.478 e. The molecule has 23 heavy (non-hydrogen) atoms. The molecule has 0 fully saturated rings. The van der Waals surface area contributed by atoms with Crippen molar-refractivity contribution >= 4 is 23.4 Å². The topological polar surface area (TPSA) is 83.6 Å². The summed E-state index contributed by atoms with van der Waals surface area (Å²) in [5, 5.41) is 9.17. The summed E-state index contributed by atoms with van der Waals surface area (Å²) < 4.78 is 38.4. The van der Waals surface area contributed by atoms with Crippen LogP contribution in [0.25, 0.3) is 0 Å². The summed E-state index contributed by atoms with van der Waals surface area (Å²) in [5.41, 5.74) is 3.71. The molecule has 0 heterocycles. The number of primary amides is 1. The average molecular weight is 324 g/mol. The number of benzene rings is 2. The molecule has 2 aromatic carbocycles. The number of aromatic carboxylic acids is 1. The second-order valence-electron chi connectivity index (χ2n) is 4.54. The number of alkyl halides is 3. The van der Waals surface area contributed by atoms with Crippen LogP contribution in [-0.4, -0.2) is 17.1 Å². The maximum atomic E-state index is 12.8. The summed E-state index contributed by atoms with van der Waals surface area (Å²) in [4.78, 5) is 23.7. The number of carbonyl (C=O) groups excluding carboxylic acids is 1. The Balaban J connectivity index is 2.62. The van der Waals surface area contributed by atoms with Gasteiger partial charge in [-0.05, 0) is 30.3 Å². The second kappa shape index (κ2) is 5.99. The number of para-hydroxylation sites is 1. The molecule has 0 aliphatic rings. The Kier molecular flexibility index (Phi) is 4.26. The highest BCUT2D eigenvalue weighted by Crippen LogP contribution is 2.34. The molecule has 0 saturated carbocycles. The van der Waals surface area contributed by atoms with E-state index in [1.165, 1.54) is 30.3 Å². The van der Waals surface area contributed by atoms with Crippen molar-refractivity contribution in [1.82, 2.24) is 0 Å². The number of nitrogens with zero attached hydrogens (tertiary/aromatic N) is 1. The lowest BCUT2D eigenvalue weighted by Gasteiger charge is -2.23. The Morgan fingerprint density at radius 1 is 1.04 bits per heavy atom. The first-order valence-corrected chi connectivity index (χ1v) is 6.31. The first kappa shape index (κ1) is 16.3. The predicted molar refractivity (Wildman–Crippen MR) is 76.6 cm³/mol. The van der Waals surface area contributed by atoms with Gasteiger partial charge in [0.05, 0.1) is 22.5 Å². The third-order valence-corrected chi connectivity index (χ3v) is 3.03. The normalized spacial score (nSPS) is 11.1. The number of urea groups is 1. The zero-order chi connectivity index (χ0) is 17.2. The van der Waals surface area contributed by atoms with Gasteiger partial charge < -0.3 is 10.8 Å².